The van der Waals surface area contributed by atoms with Gasteiger partial charge >= 0.3 is 14.2 Å². The number of rotatable bonds is 2. The van der Waals surface area contributed by atoms with Gasteiger partial charge < -0.3 is 19.0 Å². The summed E-state index contributed by atoms with van der Waals surface area (Å²) < 4.78 is 16.3. The first-order chi connectivity index (χ1) is 5.77. The van der Waals surface area contributed by atoms with Crippen molar-refractivity contribution in [3.8, 4) is 0 Å². The highest BCUT2D eigenvalue weighted by molar-refractivity contribution is 6.44. The summed E-state index contributed by atoms with van der Waals surface area (Å²) in [4.78, 5) is 0. The zero-order chi connectivity index (χ0) is 10.3. The summed E-state index contributed by atoms with van der Waals surface area (Å²) in [5.41, 5.74) is -0.552. The Labute approximate surface area is 79.8 Å². The lowest BCUT2D eigenvalue weighted by molar-refractivity contribution is -0.165. The molecule has 1 aliphatic rings. The lowest BCUT2D eigenvalue weighted by atomic mass is 9.91. The van der Waals surface area contributed by atoms with Crippen molar-refractivity contribution in [2.75, 3.05) is 0 Å². The molecule has 0 radical (unpaired) electrons. The van der Waals surface area contributed by atoms with E-state index in [1.165, 1.54) is 0 Å². The van der Waals surface area contributed by atoms with Crippen LogP contribution in [0.25, 0.3) is 0 Å². The molecule has 1 unspecified atom stereocenters. The third-order valence-electron chi connectivity index (χ3n) is 2.34. The molecule has 1 fully saturated rings. The Hall–Kier alpha value is -0.0301. The van der Waals surface area contributed by atoms with E-state index in [0.29, 0.717) is 0 Å². The van der Waals surface area contributed by atoms with Crippen molar-refractivity contribution in [2.45, 2.75) is 45.8 Å². The van der Waals surface area contributed by atoms with E-state index in [1.807, 2.05) is 13.8 Å². The van der Waals surface area contributed by atoms with Crippen LogP contribution in [0.1, 0.15) is 20.8 Å². The SMILES string of the molecule is CB(O)OC1(C)OB(C)OC1(C)C. The molecular weight excluding hydrogens is 170 g/mol. The minimum absolute atomic E-state index is 0.307. The van der Waals surface area contributed by atoms with Crippen molar-refractivity contribution < 1.29 is 19.0 Å². The maximum atomic E-state index is 9.14. The first-order valence-electron chi connectivity index (χ1n) is 4.48. The van der Waals surface area contributed by atoms with Gasteiger partial charge in [-0.2, -0.15) is 0 Å². The summed E-state index contributed by atoms with van der Waals surface area (Å²) >= 11 is 0. The highest BCUT2D eigenvalue weighted by Crippen LogP contribution is 2.38. The van der Waals surface area contributed by atoms with Crippen LogP contribution in [0.3, 0.4) is 0 Å². The molecule has 74 valence electrons. The van der Waals surface area contributed by atoms with Gasteiger partial charge in [0, 0.05) is 0 Å². The van der Waals surface area contributed by atoms with Crippen molar-refractivity contribution in [3.05, 3.63) is 0 Å². The van der Waals surface area contributed by atoms with E-state index in [9.17, 15) is 0 Å². The summed E-state index contributed by atoms with van der Waals surface area (Å²) in [5, 5.41) is 9.14. The highest BCUT2D eigenvalue weighted by atomic mass is 16.8. The van der Waals surface area contributed by atoms with Crippen LogP contribution in [0.2, 0.25) is 13.6 Å². The van der Waals surface area contributed by atoms with E-state index in [2.05, 4.69) is 0 Å². The van der Waals surface area contributed by atoms with Crippen molar-refractivity contribution in [1.29, 1.82) is 0 Å². The largest absolute Gasteiger partial charge is 0.456 e. The Kier molecular flexibility index (Phi) is 2.78. The quantitative estimate of drug-likeness (QED) is 0.646. The van der Waals surface area contributed by atoms with Crippen LogP contribution in [0.15, 0.2) is 0 Å². The zero-order valence-electron chi connectivity index (χ0n) is 8.83. The lowest BCUT2D eigenvalue weighted by Gasteiger charge is -2.36. The number of hydrogen-bond acceptors (Lipinski definition) is 4. The Morgan fingerprint density at radius 3 is 2.15 bits per heavy atom. The average molecular weight is 186 g/mol. The summed E-state index contributed by atoms with van der Waals surface area (Å²) in [7, 11) is -1.17. The molecule has 1 rings (SSSR count). The molecule has 0 bridgehead atoms. The highest BCUT2D eigenvalue weighted by Gasteiger charge is 2.54. The van der Waals surface area contributed by atoms with Crippen LogP contribution in [0.4, 0.5) is 0 Å². The van der Waals surface area contributed by atoms with Crippen LogP contribution in [-0.2, 0) is 14.0 Å². The Morgan fingerprint density at radius 2 is 1.85 bits per heavy atom. The minimum Gasteiger partial charge on any atom is -0.427 e. The summed E-state index contributed by atoms with van der Waals surface area (Å²) in [6, 6.07) is 0. The Balaban J connectivity index is 2.76. The molecule has 0 aromatic rings. The molecular formula is C7H16B2O4. The van der Waals surface area contributed by atoms with Gasteiger partial charge in [-0.05, 0) is 34.4 Å². The standard InChI is InChI=1S/C7H16B2O4/c1-6(2)7(3,12-8(4)10)13-9(5)11-6/h10H,1-5H3. The van der Waals surface area contributed by atoms with E-state index in [0.717, 1.165) is 0 Å². The molecule has 0 saturated carbocycles. The molecule has 0 aromatic heterocycles. The molecule has 0 aliphatic carbocycles. The van der Waals surface area contributed by atoms with Crippen LogP contribution in [0, 0.1) is 0 Å². The van der Waals surface area contributed by atoms with Crippen molar-refractivity contribution in [1.82, 2.24) is 0 Å². The molecule has 0 amide bonds. The van der Waals surface area contributed by atoms with Gasteiger partial charge in [0.25, 0.3) is 0 Å². The van der Waals surface area contributed by atoms with Gasteiger partial charge in [-0.25, -0.2) is 0 Å². The van der Waals surface area contributed by atoms with E-state index < -0.39 is 18.5 Å². The minimum atomic E-state index is -0.888. The van der Waals surface area contributed by atoms with Crippen molar-refractivity contribution in [2.24, 2.45) is 0 Å². The third kappa shape index (κ3) is 2.07. The van der Waals surface area contributed by atoms with Gasteiger partial charge in [-0.15, -0.1) is 0 Å². The second kappa shape index (κ2) is 3.28. The lowest BCUT2D eigenvalue weighted by Crippen LogP contribution is -2.49. The van der Waals surface area contributed by atoms with Crippen LogP contribution in [0.5, 0.6) is 0 Å². The molecule has 0 aromatic carbocycles. The van der Waals surface area contributed by atoms with Gasteiger partial charge in [0.2, 0.25) is 0 Å². The molecule has 1 N–H and O–H groups in total. The predicted molar refractivity (Wildman–Crippen MR) is 51.2 cm³/mol. The van der Waals surface area contributed by atoms with Crippen LogP contribution < -0.4 is 0 Å². The van der Waals surface area contributed by atoms with Crippen LogP contribution >= 0.6 is 0 Å². The topological polar surface area (TPSA) is 47.9 Å². The second-order valence-corrected chi connectivity index (χ2v) is 3.98. The average Bonchev–Trinajstić information content (AvgIpc) is 1.97. The Morgan fingerprint density at radius 1 is 1.31 bits per heavy atom. The fourth-order valence-corrected chi connectivity index (χ4v) is 1.50. The summed E-state index contributed by atoms with van der Waals surface area (Å²) in [5.74, 6) is -0.888. The first-order valence-corrected chi connectivity index (χ1v) is 4.48. The molecule has 0 spiro atoms. The number of hydrogen-bond donors (Lipinski definition) is 1. The molecule has 13 heavy (non-hydrogen) atoms. The van der Waals surface area contributed by atoms with Gasteiger partial charge in [0.1, 0.15) is 0 Å². The molecule has 1 aliphatic heterocycles. The van der Waals surface area contributed by atoms with E-state index in [-0.39, 0.29) is 7.12 Å². The molecule has 1 saturated heterocycles. The first kappa shape index (κ1) is 11.0. The van der Waals surface area contributed by atoms with Crippen molar-refractivity contribution >= 4 is 14.2 Å². The van der Waals surface area contributed by atoms with Gasteiger partial charge in [0.05, 0.1) is 5.60 Å². The fraction of sp³-hybridized carbons (Fsp3) is 1.00. The molecule has 1 heterocycles. The van der Waals surface area contributed by atoms with Gasteiger partial charge in [-0.1, -0.05) is 0 Å². The molecule has 4 nitrogen and oxygen atoms in total. The summed E-state index contributed by atoms with van der Waals surface area (Å²) in [6.07, 6.45) is 0. The monoisotopic (exact) mass is 186 g/mol. The fourth-order valence-electron chi connectivity index (χ4n) is 1.50. The van der Waals surface area contributed by atoms with E-state index in [4.69, 9.17) is 19.0 Å². The van der Waals surface area contributed by atoms with Gasteiger partial charge in [-0.3, -0.25) is 0 Å². The molecule has 1 atom stereocenters. The predicted octanol–water partition coefficient (Wildman–Crippen LogP) is 0.773. The van der Waals surface area contributed by atoms with Gasteiger partial charge in [0.15, 0.2) is 5.79 Å². The molecule has 6 heteroatoms. The normalized spacial score (nSPS) is 32.3. The third-order valence-corrected chi connectivity index (χ3v) is 2.34. The van der Waals surface area contributed by atoms with E-state index in [1.54, 1.807) is 20.6 Å². The smallest absolute Gasteiger partial charge is 0.427 e. The second-order valence-electron chi connectivity index (χ2n) is 3.98. The van der Waals surface area contributed by atoms with Crippen LogP contribution in [-0.4, -0.2) is 30.6 Å². The Bertz CT molecular complexity index is 197. The van der Waals surface area contributed by atoms with Crippen molar-refractivity contribution in [3.63, 3.8) is 0 Å². The van der Waals surface area contributed by atoms with E-state index >= 15 is 0 Å². The maximum absolute atomic E-state index is 9.14. The summed E-state index contributed by atoms with van der Waals surface area (Å²) in [6.45, 7) is 8.87. The maximum Gasteiger partial charge on any atom is 0.456 e. The zero-order valence-corrected chi connectivity index (χ0v) is 8.83.